The molecular weight excluding hydrogens is 382 g/mol. The van der Waals surface area contributed by atoms with E-state index in [0.29, 0.717) is 17.9 Å². The molecule has 1 aliphatic carbocycles. The van der Waals surface area contributed by atoms with Crippen molar-refractivity contribution in [2.75, 3.05) is 21.3 Å². The molecule has 30 heavy (non-hydrogen) atoms. The van der Waals surface area contributed by atoms with E-state index in [9.17, 15) is 9.59 Å². The number of benzene rings is 2. The lowest BCUT2D eigenvalue weighted by atomic mass is 9.68. The number of amides is 1. The van der Waals surface area contributed by atoms with Crippen LogP contribution >= 0.6 is 0 Å². The van der Waals surface area contributed by atoms with Gasteiger partial charge in [0.2, 0.25) is 5.91 Å². The summed E-state index contributed by atoms with van der Waals surface area (Å²) in [7, 11) is 4.47. The third-order valence-corrected chi connectivity index (χ3v) is 5.91. The van der Waals surface area contributed by atoms with Gasteiger partial charge in [-0.15, -0.1) is 0 Å². The lowest BCUT2D eigenvalue weighted by Crippen LogP contribution is -2.45. The molecular formula is C24H29NO5. The van der Waals surface area contributed by atoms with Crippen molar-refractivity contribution in [3.05, 3.63) is 59.2 Å². The zero-order chi connectivity index (χ0) is 21.6. The topological polar surface area (TPSA) is 73.9 Å². The normalized spacial score (nSPS) is 15.2. The summed E-state index contributed by atoms with van der Waals surface area (Å²) in [6.45, 7) is 0.324. The number of carbonyl (C=O) groups excluding carboxylic acids is 2. The number of nitrogens with one attached hydrogen (secondary N) is 1. The molecule has 1 fully saturated rings. The summed E-state index contributed by atoms with van der Waals surface area (Å²) in [5.41, 5.74) is 1.63. The van der Waals surface area contributed by atoms with Crippen molar-refractivity contribution in [3.8, 4) is 11.5 Å². The van der Waals surface area contributed by atoms with Crippen LogP contribution in [0.15, 0.2) is 42.5 Å². The van der Waals surface area contributed by atoms with Crippen molar-refractivity contribution in [1.82, 2.24) is 5.32 Å². The maximum atomic E-state index is 13.4. The van der Waals surface area contributed by atoms with Gasteiger partial charge in [0.15, 0.2) is 0 Å². The first-order chi connectivity index (χ1) is 14.5. The van der Waals surface area contributed by atoms with Crippen LogP contribution in [0.5, 0.6) is 11.5 Å². The Kier molecular flexibility index (Phi) is 6.98. The van der Waals surface area contributed by atoms with E-state index in [1.54, 1.807) is 19.2 Å². The molecule has 160 valence electrons. The summed E-state index contributed by atoms with van der Waals surface area (Å²) in [5, 5.41) is 3.10. The lowest BCUT2D eigenvalue weighted by molar-refractivity contribution is -0.128. The Bertz CT molecular complexity index is 885. The maximum Gasteiger partial charge on any atom is 0.341 e. The Balaban J connectivity index is 1.80. The predicted octanol–water partition coefficient (Wildman–Crippen LogP) is 4.01. The van der Waals surface area contributed by atoms with E-state index in [0.717, 1.165) is 49.0 Å². The summed E-state index contributed by atoms with van der Waals surface area (Å²) < 4.78 is 15.3. The molecule has 0 aromatic heterocycles. The molecule has 0 heterocycles. The van der Waals surface area contributed by atoms with E-state index in [-0.39, 0.29) is 5.91 Å². The zero-order valence-corrected chi connectivity index (χ0v) is 17.8. The Hall–Kier alpha value is -3.02. The molecule has 0 radical (unpaired) electrons. The lowest BCUT2D eigenvalue weighted by Gasteiger charge is -2.36. The van der Waals surface area contributed by atoms with Gasteiger partial charge in [-0.1, -0.05) is 37.5 Å². The standard InChI is InChI=1S/C24H29NO5/c1-28-19-10-8-18(9-11-19)24(13-5-4-6-14-24)23(27)25-16-17-7-12-21(29-2)20(15-17)22(26)30-3/h7-12,15H,4-6,13-14,16H2,1-3H3,(H,25,27). The molecule has 6 heteroatoms. The van der Waals surface area contributed by atoms with Gasteiger partial charge in [0, 0.05) is 6.54 Å². The van der Waals surface area contributed by atoms with Crippen LogP contribution in [0.1, 0.15) is 53.6 Å². The summed E-state index contributed by atoms with van der Waals surface area (Å²) >= 11 is 0. The molecule has 1 aliphatic rings. The van der Waals surface area contributed by atoms with Gasteiger partial charge in [-0.2, -0.15) is 0 Å². The number of methoxy groups -OCH3 is 3. The predicted molar refractivity (Wildman–Crippen MR) is 114 cm³/mol. The number of ether oxygens (including phenoxy) is 3. The molecule has 0 bridgehead atoms. The molecule has 0 unspecified atom stereocenters. The highest BCUT2D eigenvalue weighted by atomic mass is 16.5. The van der Waals surface area contributed by atoms with Crippen molar-refractivity contribution in [1.29, 1.82) is 0 Å². The Labute approximate surface area is 177 Å². The smallest absolute Gasteiger partial charge is 0.341 e. The molecule has 1 saturated carbocycles. The number of carbonyl (C=O) groups is 2. The molecule has 3 rings (SSSR count). The van der Waals surface area contributed by atoms with Crippen LogP contribution in [-0.2, 0) is 21.5 Å². The minimum Gasteiger partial charge on any atom is -0.497 e. The summed E-state index contributed by atoms with van der Waals surface area (Å²) in [6.07, 6.45) is 4.83. The fourth-order valence-electron chi connectivity index (χ4n) is 4.20. The summed E-state index contributed by atoms with van der Waals surface area (Å²) in [5.74, 6) is 0.766. The monoisotopic (exact) mass is 411 g/mol. The fourth-order valence-corrected chi connectivity index (χ4v) is 4.20. The molecule has 0 saturated heterocycles. The molecule has 0 atom stereocenters. The molecule has 1 amide bonds. The van der Waals surface area contributed by atoms with Gasteiger partial charge >= 0.3 is 5.97 Å². The maximum absolute atomic E-state index is 13.4. The molecule has 6 nitrogen and oxygen atoms in total. The highest BCUT2D eigenvalue weighted by molar-refractivity contribution is 5.93. The van der Waals surface area contributed by atoms with Gasteiger partial charge in [0.25, 0.3) is 0 Å². The van der Waals surface area contributed by atoms with E-state index in [4.69, 9.17) is 14.2 Å². The summed E-state index contributed by atoms with van der Waals surface area (Å²) in [4.78, 5) is 25.4. The number of rotatable bonds is 7. The number of esters is 1. The average Bonchev–Trinajstić information content (AvgIpc) is 2.82. The Morgan fingerprint density at radius 2 is 1.63 bits per heavy atom. The second kappa shape index (κ2) is 9.65. The Morgan fingerprint density at radius 1 is 0.933 bits per heavy atom. The van der Waals surface area contributed by atoms with Crippen molar-refractivity contribution in [2.24, 2.45) is 0 Å². The van der Waals surface area contributed by atoms with Gasteiger partial charge in [0.1, 0.15) is 17.1 Å². The van der Waals surface area contributed by atoms with Gasteiger partial charge < -0.3 is 19.5 Å². The van der Waals surface area contributed by atoms with E-state index in [1.807, 2.05) is 30.3 Å². The average molecular weight is 411 g/mol. The van der Waals surface area contributed by atoms with Gasteiger partial charge in [-0.25, -0.2) is 4.79 Å². The number of hydrogen-bond donors (Lipinski definition) is 1. The fraction of sp³-hybridized carbons (Fsp3) is 0.417. The van der Waals surface area contributed by atoms with Crippen molar-refractivity contribution >= 4 is 11.9 Å². The van der Waals surface area contributed by atoms with Crippen LogP contribution in [0.4, 0.5) is 0 Å². The van der Waals surface area contributed by atoms with Crippen LogP contribution in [0.25, 0.3) is 0 Å². The first-order valence-electron chi connectivity index (χ1n) is 10.2. The van der Waals surface area contributed by atoms with Crippen molar-refractivity contribution < 1.29 is 23.8 Å². The second-order valence-electron chi connectivity index (χ2n) is 7.58. The van der Waals surface area contributed by atoms with E-state index >= 15 is 0 Å². The highest BCUT2D eigenvalue weighted by Gasteiger charge is 2.40. The van der Waals surface area contributed by atoms with Crippen LogP contribution in [0, 0.1) is 0 Å². The zero-order valence-electron chi connectivity index (χ0n) is 17.8. The van der Waals surface area contributed by atoms with E-state index in [1.165, 1.54) is 14.2 Å². The van der Waals surface area contributed by atoms with E-state index in [2.05, 4.69) is 5.32 Å². The molecule has 0 aliphatic heterocycles. The van der Waals surface area contributed by atoms with Crippen molar-refractivity contribution in [3.63, 3.8) is 0 Å². The third-order valence-electron chi connectivity index (χ3n) is 5.91. The molecule has 0 spiro atoms. The largest absolute Gasteiger partial charge is 0.497 e. The minimum atomic E-state index is -0.540. The van der Waals surface area contributed by atoms with Crippen LogP contribution in [0.3, 0.4) is 0 Å². The molecule has 2 aromatic carbocycles. The van der Waals surface area contributed by atoms with E-state index < -0.39 is 11.4 Å². The second-order valence-corrected chi connectivity index (χ2v) is 7.58. The Morgan fingerprint density at radius 3 is 2.23 bits per heavy atom. The minimum absolute atomic E-state index is 0.0165. The molecule has 2 aromatic rings. The van der Waals surface area contributed by atoms with Crippen LogP contribution in [-0.4, -0.2) is 33.2 Å². The highest BCUT2D eigenvalue weighted by Crippen LogP contribution is 2.40. The first kappa shape index (κ1) is 21.7. The third kappa shape index (κ3) is 4.42. The van der Waals surface area contributed by atoms with Crippen LogP contribution < -0.4 is 14.8 Å². The SMILES string of the molecule is COC(=O)c1cc(CNC(=O)C2(c3ccc(OC)cc3)CCCCC2)ccc1OC. The first-order valence-corrected chi connectivity index (χ1v) is 10.2. The van der Waals surface area contributed by atoms with Crippen LogP contribution in [0.2, 0.25) is 0 Å². The van der Waals surface area contributed by atoms with Crippen molar-refractivity contribution in [2.45, 2.75) is 44.1 Å². The van der Waals surface area contributed by atoms with Gasteiger partial charge in [-0.05, 0) is 48.2 Å². The van der Waals surface area contributed by atoms with Gasteiger partial charge in [0.05, 0.1) is 26.7 Å². The van der Waals surface area contributed by atoms with Gasteiger partial charge in [-0.3, -0.25) is 4.79 Å². The number of hydrogen-bond acceptors (Lipinski definition) is 5. The quantitative estimate of drug-likeness (QED) is 0.697. The summed E-state index contributed by atoms with van der Waals surface area (Å²) in [6, 6.07) is 13.1. The molecule has 1 N–H and O–H groups in total.